The van der Waals surface area contributed by atoms with Crippen LogP contribution in [0.2, 0.25) is 0 Å². The van der Waals surface area contributed by atoms with Gasteiger partial charge in [-0.15, -0.1) is 0 Å². The van der Waals surface area contributed by atoms with Crippen LogP contribution in [-0.4, -0.2) is 19.8 Å². The van der Waals surface area contributed by atoms with Gasteiger partial charge in [0.05, 0.1) is 6.61 Å². The molecule has 0 saturated heterocycles. The lowest BCUT2D eigenvalue weighted by Gasteiger charge is -2.08. The van der Waals surface area contributed by atoms with E-state index in [-0.39, 0.29) is 0 Å². The maximum absolute atomic E-state index is 5.51. The van der Waals surface area contributed by atoms with Crippen LogP contribution in [0.1, 0.15) is 13.8 Å². The monoisotopic (exact) mass is 272 g/mol. The van der Waals surface area contributed by atoms with Crippen molar-refractivity contribution in [1.82, 2.24) is 0 Å². The Kier molecular flexibility index (Phi) is 5.73. The zero-order chi connectivity index (χ0) is 11.1. The molecule has 1 aromatic rings. The molecule has 0 bridgehead atoms. The lowest BCUT2D eigenvalue weighted by Crippen LogP contribution is -2.10. The molecule has 2 nitrogen and oxygen atoms in total. The van der Waals surface area contributed by atoms with Crippen molar-refractivity contribution in [1.29, 1.82) is 0 Å². The van der Waals surface area contributed by atoms with Gasteiger partial charge in [0.1, 0.15) is 12.4 Å². The zero-order valence-corrected chi connectivity index (χ0v) is 10.8. The van der Waals surface area contributed by atoms with Gasteiger partial charge in [0.2, 0.25) is 0 Å². The van der Waals surface area contributed by atoms with Crippen LogP contribution in [0.5, 0.6) is 5.75 Å². The summed E-state index contributed by atoms with van der Waals surface area (Å²) in [6.07, 6.45) is 0. The topological polar surface area (TPSA) is 18.5 Å². The zero-order valence-electron chi connectivity index (χ0n) is 9.20. The molecule has 0 aliphatic carbocycles. The molecule has 0 fully saturated rings. The Balaban J connectivity index is 2.15. The van der Waals surface area contributed by atoms with E-state index in [9.17, 15) is 0 Å². The second kappa shape index (κ2) is 6.85. The van der Waals surface area contributed by atoms with Crippen LogP contribution in [0.3, 0.4) is 0 Å². The van der Waals surface area contributed by atoms with E-state index in [1.54, 1.807) is 0 Å². The Morgan fingerprint density at radius 1 is 1.27 bits per heavy atom. The van der Waals surface area contributed by atoms with E-state index in [2.05, 4.69) is 29.8 Å². The summed E-state index contributed by atoms with van der Waals surface area (Å²) in [5.41, 5.74) is 0. The molecule has 0 unspecified atom stereocenters. The van der Waals surface area contributed by atoms with E-state index < -0.39 is 0 Å². The molecule has 0 spiro atoms. The van der Waals surface area contributed by atoms with Gasteiger partial charge in [0.15, 0.2) is 0 Å². The fourth-order valence-electron chi connectivity index (χ4n) is 1.09. The van der Waals surface area contributed by atoms with Crippen molar-refractivity contribution in [2.24, 2.45) is 5.92 Å². The van der Waals surface area contributed by atoms with Crippen molar-refractivity contribution in [2.75, 3.05) is 19.8 Å². The van der Waals surface area contributed by atoms with Gasteiger partial charge in [0, 0.05) is 11.1 Å². The van der Waals surface area contributed by atoms with Crippen LogP contribution in [-0.2, 0) is 4.74 Å². The minimum absolute atomic E-state index is 0.580. The average Bonchev–Trinajstić information content (AvgIpc) is 2.17. The van der Waals surface area contributed by atoms with Gasteiger partial charge in [0.25, 0.3) is 0 Å². The molecule has 0 amide bonds. The van der Waals surface area contributed by atoms with E-state index in [1.807, 2.05) is 24.3 Å². The predicted molar refractivity (Wildman–Crippen MR) is 65.3 cm³/mol. The first-order chi connectivity index (χ1) is 7.18. The van der Waals surface area contributed by atoms with E-state index in [1.165, 1.54) is 0 Å². The van der Waals surface area contributed by atoms with E-state index in [0.29, 0.717) is 19.1 Å². The van der Waals surface area contributed by atoms with Gasteiger partial charge in [-0.25, -0.2) is 0 Å². The van der Waals surface area contributed by atoms with Crippen molar-refractivity contribution in [3.63, 3.8) is 0 Å². The predicted octanol–water partition coefficient (Wildman–Crippen LogP) is 3.50. The molecule has 0 saturated carbocycles. The molecular formula is C12H17BrO2. The third kappa shape index (κ3) is 5.80. The Morgan fingerprint density at radius 3 is 2.73 bits per heavy atom. The van der Waals surface area contributed by atoms with Crippen LogP contribution in [0.4, 0.5) is 0 Å². The lowest BCUT2D eigenvalue weighted by molar-refractivity contribution is 0.0819. The highest BCUT2D eigenvalue weighted by molar-refractivity contribution is 9.10. The van der Waals surface area contributed by atoms with Gasteiger partial charge in [-0.1, -0.05) is 35.8 Å². The minimum Gasteiger partial charge on any atom is -0.491 e. The van der Waals surface area contributed by atoms with E-state index in [4.69, 9.17) is 9.47 Å². The molecule has 0 heterocycles. The number of ether oxygens (including phenoxy) is 2. The van der Waals surface area contributed by atoms with Crippen molar-refractivity contribution >= 4 is 15.9 Å². The molecule has 3 heteroatoms. The van der Waals surface area contributed by atoms with Crippen LogP contribution in [0, 0.1) is 5.92 Å². The summed E-state index contributed by atoms with van der Waals surface area (Å²) in [6, 6.07) is 7.81. The Bertz CT molecular complexity index is 287. The molecule has 0 atom stereocenters. The summed E-state index contributed by atoms with van der Waals surface area (Å²) < 4.78 is 12.0. The number of hydrogen-bond donors (Lipinski definition) is 0. The van der Waals surface area contributed by atoms with Crippen molar-refractivity contribution in [2.45, 2.75) is 13.8 Å². The van der Waals surface area contributed by atoms with Crippen LogP contribution in [0.25, 0.3) is 0 Å². The molecule has 0 aliphatic rings. The van der Waals surface area contributed by atoms with Crippen molar-refractivity contribution in [3.8, 4) is 5.75 Å². The average molecular weight is 273 g/mol. The summed E-state index contributed by atoms with van der Waals surface area (Å²) in [6.45, 7) is 6.31. The molecule has 0 N–H and O–H groups in total. The first-order valence-corrected chi connectivity index (χ1v) is 5.94. The summed E-state index contributed by atoms with van der Waals surface area (Å²) in [7, 11) is 0. The Labute approximate surface area is 99.7 Å². The van der Waals surface area contributed by atoms with Gasteiger partial charge in [-0.05, 0) is 24.1 Å². The van der Waals surface area contributed by atoms with Crippen LogP contribution < -0.4 is 4.74 Å². The smallest absolute Gasteiger partial charge is 0.120 e. The largest absolute Gasteiger partial charge is 0.491 e. The molecule has 1 aromatic carbocycles. The van der Waals surface area contributed by atoms with Crippen molar-refractivity contribution < 1.29 is 9.47 Å². The summed E-state index contributed by atoms with van der Waals surface area (Å²) >= 11 is 3.39. The van der Waals surface area contributed by atoms with Crippen LogP contribution >= 0.6 is 15.9 Å². The van der Waals surface area contributed by atoms with Gasteiger partial charge >= 0.3 is 0 Å². The molecule has 0 aromatic heterocycles. The number of halogens is 1. The lowest BCUT2D eigenvalue weighted by atomic mass is 10.2. The fraction of sp³-hybridized carbons (Fsp3) is 0.500. The highest BCUT2D eigenvalue weighted by Gasteiger charge is 1.96. The highest BCUT2D eigenvalue weighted by atomic mass is 79.9. The SMILES string of the molecule is CC(C)COCCOc1cccc(Br)c1. The second-order valence-electron chi connectivity index (χ2n) is 3.77. The van der Waals surface area contributed by atoms with Crippen molar-refractivity contribution in [3.05, 3.63) is 28.7 Å². The maximum Gasteiger partial charge on any atom is 0.120 e. The van der Waals surface area contributed by atoms with E-state index >= 15 is 0 Å². The first-order valence-electron chi connectivity index (χ1n) is 5.14. The molecule has 15 heavy (non-hydrogen) atoms. The van der Waals surface area contributed by atoms with Gasteiger partial charge in [-0.2, -0.15) is 0 Å². The quantitative estimate of drug-likeness (QED) is 0.738. The normalized spacial score (nSPS) is 10.7. The third-order valence-corrected chi connectivity index (χ3v) is 2.24. The van der Waals surface area contributed by atoms with Gasteiger partial charge in [-0.3, -0.25) is 0 Å². The number of benzene rings is 1. The second-order valence-corrected chi connectivity index (χ2v) is 4.69. The van der Waals surface area contributed by atoms with Gasteiger partial charge < -0.3 is 9.47 Å². The van der Waals surface area contributed by atoms with Crippen LogP contribution in [0.15, 0.2) is 28.7 Å². The maximum atomic E-state index is 5.51. The highest BCUT2D eigenvalue weighted by Crippen LogP contribution is 2.17. The number of hydrogen-bond acceptors (Lipinski definition) is 2. The molecule has 0 radical (unpaired) electrons. The Hall–Kier alpha value is -0.540. The molecular weight excluding hydrogens is 256 g/mol. The molecule has 84 valence electrons. The standard InChI is InChI=1S/C12H17BrO2/c1-10(2)9-14-6-7-15-12-5-3-4-11(13)8-12/h3-5,8,10H,6-7,9H2,1-2H3. The summed E-state index contributed by atoms with van der Waals surface area (Å²) in [5, 5.41) is 0. The summed E-state index contributed by atoms with van der Waals surface area (Å²) in [4.78, 5) is 0. The van der Waals surface area contributed by atoms with E-state index in [0.717, 1.165) is 16.8 Å². The molecule has 1 rings (SSSR count). The molecule has 0 aliphatic heterocycles. The minimum atomic E-state index is 0.580. The summed E-state index contributed by atoms with van der Waals surface area (Å²) in [5.74, 6) is 1.45. The third-order valence-electron chi connectivity index (χ3n) is 1.74. The fourth-order valence-corrected chi connectivity index (χ4v) is 1.47. The first kappa shape index (κ1) is 12.5. The number of rotatable bonds is 6. The Morgan fingerprint density at radius 2 is 2.07 bits per heavy atom.